The second-order valence-corrected chi connectivity index (χ2v) is 3.66. The van der Waals surface area contributed by atoms with Crippen molar-refractivity contribution in [3.63, 3.8) is 0 Å². The van der Waals surface area contributed by atoms with Gasteiger partial charge in [-0.3, -0.25) is 4.79 Å². The van der Waals surface area contributed by atoms with Crippen molar-refractivity contribution in [2.75, 3.05) is 7.11 Å². The lowest BCUT2D eigenvalue weighted by Gasteiger charge is -2.17. The van der Waals surface area contributed by atoms with Gasteiger partial charge in [-0.25, -0.2) is 4.39 Å². The van der Waals surface area contributed by atoms with Crippen molar-refractivity contribution in [2.24, 2.45) is 0 Å². The lowest BCUT2D eigenvalue weighted by atomic mass is 10.1. The SMILES string of the molecule is COC(C)C(=O)NC(C)c1cccc(F)c1. The third-order valence-corrected chi connectivity index (χ3v) is 2.43. The van der Waals surface area contributed by atoms with Crippen LogP contribution in [-0.4, -0.2) is 19.1 Å². The summed E-state index contributed by atoms with van der Waals surface area (Å²) < 4.78 is 17.8. The Labute approximate surface area is 94.6 Å². The number of nitrogens with one attached hydrogen (secondary N) is 1. The molecule has 4 heteroatoms. The van der Waals surface area contributed by atoms with E-state index in [4.69, 9.17) is 4.74 Å². The number of rotatable bonds is 4. The normalized spacial score (nSPS) is 14.2. The van der Waals surface area contributed by atoms with Gasteiger partial charge in [-0.1, -0.05) is 12.1 Å². The van der Waals surface area contributed by atoms with E-state index in [2.05, 4.69) is 5.32 Å². The molecule has 88 valence electrons. The first-order valence-electron chi connectivity index (χ1n) is 5.13. The van der Waals surface area contributed by atoms with Crippen LogP contribution in [0, 0.1) is 5.82 Å². The molecule has 1 aromatic rings. The van der Waals surface area contributed by atoms with E-state index in [1.807, 2.05) is 0 Å². The van der Waals surface area contributed by atoms with Gasteiger partial charge in [-0.05, 0) is 31.5 Å². The smallest absolute Gasteiger partial charge is 0.249 e. The standard InChI is InChI=1S/C12H16FNO2/c1-8(14-12(15)9(2)16-3)10-5-4-6-11(13)7-10/h4-9H,1-3H3,(H,14,15). The van der Waals surface area contributed by atoms with Crippen molar-refractivity contribution in [3.05, 3.63) is 35.6 Å². The summed E-state index contributed by atoms with van der Waals surface area (Å²) >= 11 is 0. The van der Waals surface area contributed by atoms with Crippen LogP contribution in [0.1, 0.15) is 25.5 Å². The maximum absolute atomic E-state index is 13.0. The molecule has 1 rings (SSSR count). The maximum Gasteiger partial charge on any atom is 0.249 e. The second-order valence-electron chi connectivity index (χ2n) is 3.66. The van der Waals surface area contributed by atoms with Gasteiger partial charge in [0.15, 0.2) is 0 Å². The van der Waals surface area contributed by atoms with Gasteiger partial charge in [0.1, 0.15) is 11.9 Å². The number of ether oxygens (including phenoxy) is 1. The molecule has 0 spiro atoms. The van der Waals surface area contributed by atoms with Crippen LogP contribution < -0.4 is 5.32 Å². The molecule has 16 heavy (non-hydrogen) atoms. The van der Waals surface area contributed by atoms with Crippen molar-refractivity contribution in [3.8, 4) is 0 Å². The first kappa shape index (κ1) is 12.6. The summed E-state index contributed by atoms with van der Waals surface area (Å²) in [6.45, 7) is 3.46. The van der Waals surface area contributed by atoms with Gasteiger partial charge in [0, 0.05) is 7.11 Å². The summed E-state index contributed by atoms with van der Waals surface area (Å²) in [5.41, 5.74) is 0.733. The molecule has 3 nitrogen and oxygen atoms in total. The van der Waals surface area contributed by atoms with Gasteiger partial charge in [-0.2, -0.15) is 0 Å². The highest BCUT2D eigenvalue weighted by atomic mass is 19.1. The van der Waals surface area contributed by atoms with Crippen LogP contribution in [0.4, 0.5) is 4.39 Å². The van der Waals surface area contributed by atoms with E-state index >= 15 is 0 Å². The van der Waals surface area contributed by atoms with Gasteiger partial charge in [-0.15, -0.1) is 0 Å². The van der Waals surface area contributed by atoms with Gasteiger partial charge < -0.3 is 10.1 Å². The van der Waals surface area contributed by atoms with Crippen LogP contribution in [0.5, 0.6) is 0 Å². The number of carbonyl (C=O) groups excluding carboxylic acids is 1. The Morgan fingerprint density at radius 1 is 1.44 bits per heavy atom. The molecular weight excluding hydrogens is 209 g/mol. The van der Waals surface area contributed by atoms with Crippen molar-refractivity contribution >= 4 is 5.91 Å². The zero-order valence-corrected chi connectivity index (χ0v) is 9.66. The van der Waals surface area contributed by atoms with Crippen LogP contribution in [0.2, 0.25) is 0 Å². The Morgan fingerprint density at radius 3 is 2.69 bits per heavy atom. The summed E-state index contributed by atoms with van der Waals surface area (Å²) in [7, 11) is 1.47. The Bertz CT molecular complexity index is 368. The minimum atomic E-state index is -0.504. The highest BCUT2D eigenvalue weighted by Gasteiger charge is 2.15. The number of hydrogen-bond acceptors (Lipinski definition) is 2. The molecule has 2 unspecified atom stereocenters. The summed E-state index contributed by atoms with van der Waals surface area (Å²) in [6, 6.07) is 5.93. The highest BCUT2D eigenvalue weighted by Crippen LogP contribution is 2.13. The number of benzene rings is 1. The molecule has 0 saturated heterocycles. The van der Waals surface area contributed by atoms with Crippen LogP contribution in [0.25, 0.3) is 0 Å². The highest BCUT2D eigenvalue weighted by molar-refractivity contribution is 5.80. The molecule has 1 amide bonds. The molecule has 0 aliphatic carbocycles. The Hall–Kier alpha value is -1.42. The summed E-state index contributed by atoms with van der Waals surface area (Å²) in [4.78, 5) is 11.5. The van der Waals surface area contributed by atoms with E-state index in [1.54, 1.807) is 26.0 Å². The molecular formula is C12H16FNO2. The van der Waals surface area contributed by atoms with Crippen LogP contribution in [0.3, 0.4) is 0 Å². The minimum Gasteiger partial charge on any atom is -0.372 e. The maximum atomic E-state index is 13.0. The molecule has 0 heterocycles. The van der Waals surface area contributed by atoms with E-state index in [0.29, 0.717) is 0 Å². The van der Waals surface area contributed by atoms with Gasteiger partial charge in [0.2, 0.25) is 5.91 Å². The molecule has 0 aliphatic heterocycles. The molecule has 2 atom stereocenters. The zero-order chi connectivity index (χ0) is 12.1. The van der Waals surface area contributed by atoms with Crippen LogP contribution in [-0.2, 0) is 9.53 Å². The predicted molar refractivity (Wildman–Crippen MR) is 59.4 cm³/mol. The topological polar surface area (TPSA) is 38.3 Å². The molecule has 0 bridgehead atoms. The second kappa shape index (κ2) is 5.61. The monoisotopic (exact) mass is 225 g/mol. The molecule has 0 saturated carbocycles. The lowest BCUT2D eigenvalue weighted by molar-refractivity contribution is -0.130. The molecule has 0 fully saturated rings. The molecule has 1 aromatic carbocycles. The molecule has 0 aliphatic rings. The van der Waals surface area contributed by atoms with E-state index in [0.717, 1.165) is 5.56 Å². The number of methoxy groups -OCH3 is 1. The summed E-state index contributed by atoms with van der Waals surface area (Å²) in [5.74, 6) is -0.516. The van der Waals surface area contributed by atoms with E-state index < -0.39 is 6.10 Å². The lowest BCUT2D eigenvalue weighted by Crippen LogP contribution is -2.35. The number of carbonyl (C=O) groups is 1. The summed E-state index contributed by atoms with van der Waals surface area (Å²) in [5, 5.41) is 2.74. The average Bonchev–Trinajstić information content (AvgIpc) is 2.27. The van der Waals surface area contributed by atoms with Gasteiger partial charge in [0.25, 0.3) is 0 Å². The fourth-order valence-electron chi connectivity index (χ4n) is 1.30. The number of halogens is 1. The van der Waals surface area contributed by atoms with Crippen LogP contribution in [0.15, 0.2) is 24.3 Å². The number of hydrogen-bond donors (Lipinski definition) is 1. The first-order valence-corrected chi connectivity index (χ1v) is 5.13. The van der Waals surface area contributed by atoms with Crippen LogP contribution >= 0.6 is 0 Å². The van der Waals surface area contributed by atoms with Gasteiger partial charge >= 0.3 is 0 Å². The zero-order valence-electron chi connectivity index (χ0n) is 9.66. The molecule has 0 radical (unpaired) electrons. The first-order chi connectivity index (χ1) is 7.54. The number of amides is 1. The van der Waals surface area contributed by atoms with Crippen molar-refractivity contribution in [1.29, 1.82) is 0 Å². The third kappa shape index (κ3) is 3.31. The quantitative estimate of drug-likeness (QED) is 0.851. The van der Waals surface area contributed by atoms with Crippen molar-refractivity contribution in [2.45, 2.75) is 26.0 Å². The van der Waals surface area contributed by atoms with E-state index in [-0.39, 0.29) is 17.8 Å². The Morgan fingerprint density at radius 2 is 2.12 bits per heavy atom. The van der Waals surface area contributed by atoms with Crippen molar-refractivity contribution in [1.82, 2.24) is 5.32 Å². The third-order valence-electron chi connectivity index (χ3n) is 2.43. The largest absolute Gasteiger partial charge is 0.372 e. The van der Waals surface area contributed by atoms with Crippen molar-refractivity contribution < 1.29 is 13.9 Å². The van der Waals surface area contributed by atoms with E-state index in [9.17, 15) is 9.18 Å². The Kier molecular flexibility index (Phi) is 4.43. The Balaban J connectivity index is 2.65. The summed E-state index contributed by atoms with van der Waals surface area (Å²) in [6.07, 6.45) is -0.504. The average molecular weight is 225 g/mol. The molecule has 1 N–H and O–H groups in total. The van der Waals surface area contributed by atoms with E-state index in [1.165, 1.54) is 19.2 Å². The predicted octanol–water partition coefficient (Wildman–Crippen LogP) is 2.04. The fraction of sp³-hybridized carbons (Fsp3) is 0.417. The minimum absolute atomic E-state index is 0.209. The van der Waals surface area contributed by atoms with Gasteiger partial charge in [0.05, 0.1) is 6.04 Å². The molecule has 0 aromatic heterocycles. The fourth-order valence-corrected chi connectivity index (χ4v) is 1.30.